The molecule has 0 saturated heterocycles. The normalized spacial score (nSPS) is 11.5. The number of carbonyl (C=O) groups excluding carboxylic acids is 1. The zero-order valence-corrected chi connectivity index (χ0v) is 13.9. The van der Waals surface area contributed by atoms with Crippen molar-refractivity contribution < 1.29 is 22.4 Å². The van der Waals surface area contributed by atoms with Gasteiger partial charge in [-0.3, -0.25) is 4.79 Å². The van der Waals surface area contributed by atoms with Crippen molar-refractivity contribution in [3.63, 3.8) is 0 Å². The van der Waals surface area contributed by atoms with Gasteiger partial charge >= 0.3 is 11.8 Å². The van der Waals surface area contributed by atoms with Crippen molar-refractivity contribution in [3.05, 3.63) is 74.6 Å². The van der Waals surface area contributed by atoms with Crippen LogP contribution in [0.3, 0.4) is 0 Å². The van der Waals surface area contributed by atoms with Gasteiger partial charge in [-0.1, -0.05) is 34.1 Å². The second-order valence-corrected chi connectivity index (χ2v) is 5.99. The number of benzene rings is 2. The van der Waals surface area contributed by atoms with Crippen LogP contribution in [0.4, 0.5) is 18.9 Å². The monoisotopic (exact) mass is 411 g/mol. The Morgan fingerprint density at radius 2 is 1.80 bits per heavy atom. The maximum Gasteiger partial charge on any atom is 0.417 e. The van der Waals surface area contributed by atoms with Crippen LogP contribution in [-0.2, 0) is 6.18 Å². The molecule has 0 unspecified atom stereocenters. The largest absolute Gasteiger partial charge is 0.422 e. The molecule has 25 heavy (non-hydrogen) atoms. The highest BCUT2D eigenvalue weighted by atomic mass is 79.9. The fourth-order valence-electron chi connectivity index (χ4n) is 2.24. The molecule has 0 bridgehead atoms. The van der Waals surface area contributed by atoms with Crippen LogP contribution in [0.5, 0.6) is 0 Å². The summed E-state index contributed by atoms with van der Waals surface area (Å²) < 4.78 is 43.7. The Hall–Kier alpha value is -2.61. The van der Waals surface area contributed by atoms with E-state index in [0.717, 1.165) is 6.07 Å². The summed E-state index contributed by atoms with van der Waals surface area (Å²) in [5, 5.41) is 2.81. The summed E-state index contributed by atoms with van der Waals surface area (Å²) in [6.45, 7) is 0. The molecular weight excluding hydrogens is 403 g/mol. The number of hydrogen-bond acceptors (Lipinski definition) is 3. The molecule has 0 aliphatic heterocycles. The second kappa shape index (κ2) is 6.36. The van der Waals surface area contributed by atoms with Gasteiger partial charge in [0, 0.05) is 15.5 Å². The molecule has 0 aliphatic carbocycles. The molecule has 3 rings (SSSR count). The van der Waals surface area contributed by atoms with Gasteiger partial charge < -0.3 is 9.73 Å². The lowest BCUT2D eigenvalue weighted by Gasteiger charge is -2.12. The zero-order chi connectivity index (χ0) is 18.2. The summed E-state index contributed by atoms with van der Waals surface area (Å²) in [4.78, 5) is 24.2. The van der Waals surface area contributed by atoms with Crippen molar-refractivity contribution in [1.82, 2.24) is 0 Å². The maximum atomic E-state index is 12.9. The van der Waals surface area contributed by atoms with E-state index in [4.69, 9.17) is 4.42 Å². The van der Waals surface area contributed by atoms with Gasteiger partial charge in [-0.05, 0) is 30.3 Å². The standard InChI is InChI=1S/C17H9BrF3NO3/c18-13-6-5-10(8-12(13)17(19,20)21)22-15(23)11-7-9-3-1-2-4-14(9)25-16(11)24/h1-8H,(H,22,23). The van der Waals surface area contributed by atoms with Crippen molar-refractivity contribution in [2.75, 3.05) is 5.32 Å². The van der Waals surface area contributed by atoms with Crippen LogP contribution in [0.15, 0.2) is 62.2 Å². The average Bonchev–Trinajstić information content (AvgIpc) is 2.54. The zero-order valence-electron chi connectivity index (χ0n) is 12.4. The van der Waals surface area contributed by atoms with Crippen LogP contribution >= 0.6 is 15.9 Å². The van der Waals surface area contributed by atoms with Gasteiger partial charge in [-0.25, -0.2) is 4.79 Å². The van der Waals surface area contributed by atoms with Crippen LogP contribution in [-0.4, -0.2) is 5.91 Å². The van der Waals surface area contributed by atoms with E-state index in [2.05, 4.69) is 21.2 Å². The first-order valence-corrected chi connectivity index (χ1v) is 7.76. The SMILES string of the molecule is O=C(Nc1ccc(Br)c(C(F)(F)F)c1)c1cc2ccccc2oc1=O. The fraction of sp³-hybridized carbons (Fsp3) is 0.0588. The van der Waals surface area contributed by atoms with E-state index in [1.165, 1.54) is 18.2 Å². The number of carbonyl (C=O) groups is 1. The molecule has 4 nitrogen and oxygen atoms in total. The molecule has 0 fully saturated rings. The van der Waals surface area contributed by atoms with E-state index in [9.17, 15) is 22.8 Å². The quantitative estimate of drug-likeness (QED) is 0.614. The third kappa shape index (κ3) is 3.58. The van der Waals surface area contributed by atoms with Crippen LogP contribution in [0.2, 0.25) is 0 Å². The predicted molar refractivity (Wildman–Crippen MR) is 89.6 cm³/mol. The Balaban J connectivity index is 1.95. The number of rotatable bonds is 2. The molecule has 3 aromatic rings. The molecule has 2 aromatic carbocycles. The molecule has 8 heteroatoms. The summed E-state index contributed by atoms with van der Waals surface area (Å²) in [5.41, 5.74) is -1.88. The highest BCUT2D eigenvalue weighted by Crippen LogP contribution is 2.36. The third-order valence-electron chi connectivity index (χ3n) is 3.42. The predicted octanol–water partition coefficient (Wildman–Crippen LogP) is 4.83. The van der Waals surface area contributed by atoms with Crippen LogP contribution in [0.1, 0.15) is 15.9 Å². The third-order valence-corrected chi connectivity index (χ3v) is 4.11. The van der Waals surface area contributed by atoms with Crippen molar-refractivity contribution in [2.24, 2.45) is 0 Å². The van der Waals surface area contributed by atoms with E-state index in [1.807, 2.05) is 0 Å². The summed E-state index contributed by atoms with van der Waals surface area (Å²) in [7, 11) is 0. The number of anilines is 1. The van der Waals surface area contributed by atoms with Gasteiger partial charge in [0.1, 0.15) is 11.1 Å². The lowest BCUT2D eigenvalue weighted by molar-refractivity contribution is -0.138. The first-order valence-electron chi connectivity index (χ1n) is 6.97. The topological polar surface area (TPSA) is 59.3 Å². The molecule has 0 atom stereocenters. The average molecular weight is 412 g/mol. The van der Waals surface area contributed by atoms with Gasteiger partial charge in [0.25, 0.3) is 5.91 Å². The number of nitrogens with one attached hydrogen (secondary N) is 1. The summed E-state index contributed by atoms with van der Waals surface area (Å²) in [6, 6.07) is 11.2. The first kappa shape index (κ1) is 17.2. The van der Waals surface area contributed by atoms with E-state index >= 15 is 0 Å². The van der Waals surface area contributed by atoms with E-state index in [1.54, 1.807) is 24.3 Å². The minimum absolute atomic E-state index is 0.0897. The maximum absolute atomic E-state index is 12.9. The van der Waals surface area contributed by atoms with Gasteiger partial charge in [0.05, 0.1) is 5.56 Å². The molecule has 1 heterocycles. The molecule has 0 spiro atoms. The van der Waals surface area contributed by atoms with Gasteiger partial charge in [0.2, 0.25) is 0 Å². The molecule has 1 aromatic heterocycles. The minimum atomic E-state index is -4.58. The molecule has 0 saturated carbocycles. The Morgan fingerprint density at radius 3 is 2.52 bits per heavy atom. The Kier molecular flexibility index (Phi) is 4.38. The molecule has 0 aliphatic rings. The van der Waals surface area contributed by atoms with Crippen molar-refractivity contribution in [3.8, 4) is 0 Å². The van der Waals surface area contributed by atoms with Crippen LogP contribution < -0.4 is 10.9 Å². The number of amides is 1. The second-order valence-electron chi connectivity index (χ2n) is 5.13. The van der Waals surface area contributed by atoms with Gasteiger partial charge in [-0.2, -0.15) is 13.2 Å². The van der Waals surface area contributed by atoms with E-state index < -0.39 is 23.3 Å². The Labute approximate surface area is 147 Å². The highest BCUT2D eigenvalue weighted by molar-refractivity contribution is 9.10. The molecule has 0 radical (unpaired) electrons. The Bertz CT molecular complexity index is 1030. The van der Waals surface area contributed by atoms with Gasteiger partial charge in [-0.15, -0.1) is 0 Å². The molecule has 1 N–H and O–H groups in total. The number of para-hydroxylation sites is 1. The van der Waals surface area contributed by atoms with Crippen molar-refractivity contribution in [2.45, 2.75) is 6.18 Å². The van der Waals surface area contributed by atoms with E-state index in [0.29, 0.717) is 11.0 Å². The number of fused-ring (bicyclic) bond motifs is 1. The smallest absolute Gasteiger partial charge is 0.417 e. The molecular formula is C17H9BrF3NO3. The Morgan fingerprint density at radius 1 is 1.08 bits per heavy atom. The van der Waals surface area contributed by atoms with Gasteiger partial charge in [0.15, 0.2) is 0 Å². The lowest BCUT2D eigenvalue weighted by Crippen LogP contribution is -2.21. The first-order chi connectivity index (χ1) is 11.8. The minimum Gasteiger partial charge on any atom is -0.422 e. The van der Waals surface area contributed by atoms with Crippen molar-refractivity contribution >= 4 is 38.5 Å². The van der Waals surface area contributed by atoms with Crippen LogP contribution in [0, 0.1) is 0 Å². The highest BCUT2D eigenvalue weighted by Gasteiger charge is 2.33. The molecule has 128 valence electrons. The van der Waals surface area contributed by atoms with Crippen molar-refractivity contribution in [1.29, 1.82) is 0 Å². The summed E-state index contributed by atoms with van der Waals surface area (Å²) in [5.74, 6) is -0.852. The number of alkyl halides is 3. The summed E-state index contributed by atoms with van der Waals surface area (Å²) >= 11 is 2.82. The summed E-state index contributed by atoms with van der Waals surface area (Å²) in [6.07, 6.45) is -4.58. The number of halogens is 4. The fourth-order valence-corrected chi connectivity index (χ4v) is 2.71. The number of hydrogen-bond donors (Lipinski definition) is 1. The molecule has 1 amide bonds. The van der Waals surface area contributed by atoms with E-state index in [-0.39, 0.29) is 15.7 Å². The van der Waals surface area contributed by atoms with Crippen LogP contribution in [0.25, 0.3) is 11.0 Å². The lowest BCUT2D eigenvalue weighted by atomic mass is 10.1.